The lowest BCUT2D eigenvalue weighted by molar-refractivity contribution is 0.0785. The molecule has 0 saturated heterocycles. The highest BCUT2D eigenvalue weighted by molar-refractivity contribution is 7.09. The zero-order valence-electron chi connectivity index (χ0n) is 28.0. The molecule has 8 nitrogen and oxygen atoms in total. The van der Waals surface area contributed by atoms with Gasteiger partial charge in [0.15, 0.2) is 0 Å². The van der Waals surface area contributed by atoms with Crippen molar-refractivity contribution in [2.24, 2.45) is 0 Å². The summed E-state index contributed by atoms with van der Waals surface area (Å²) in [7, 11) is 5.54. The molecule has 0 aliphatic rings. The Hall–Kier alpha value is -4.08. The number of thiazole rings is 1. The van der Waals surface area contributed by atoms with Gasteiger partial charge in [-0.3, -0.25) is 14.6 Å². The number of anilines is 1. The summed E-state index contributed by atoms with van der Waals surface area (Å²) in [5.74, 6) is -0.340. The number of nitrogens with zero attached hydrogens (tertiary/aromatic N) is 4. The molecule has 0 saturated carbocycles. The van der Waals surface area contributed by atoms with E-state index in [1.54, 1.807) is 18.0 Å². The fraction of sp³-hybridized carbons (Fsp3) is 0.389. The molecule has 0 aliphatic carbocycles. The number of aromatic nitrogens is 2. The Bertz CT molecular complexity index is 1530. The van der Waals surface area contributed by atoms with Gasteiger partial charge in [0, 0.05) is 74.5 Å². The smallest absolute Gasteiger partial charge is 0.254 e. The van der Waals surface area contributed by atoms with Crippen molar-refractivity contribution in [1.29, 1.82) is 0 Å². The average molecular weight is 629 g/mol. The SMILES string of the molecule is Cc1ccccc1.Cc1csc(CN(C)C(=O)c2cc(C(=O)NCCCNCc3cncc(C(C)(C)C)c3)cc(N(C)C)c2)n1. The predicted octanol–water partition coefficient (Wildman–Crippen LogP) is 6.39. The highest BCUT2D eigenvalue weighted by Gasteiger charge is 2.18. The van der Waals surface area contributed by atoms with E-state index in [4.69, 9.17) is 0 Å². The van der Waals surface area contributed by atoms with Crippen molar-refractivity contribution >= 4 is 28.8 Å². The molecule has 9 heteroatoms. The molecule has 2 heterocycles. The second kappa shape index (κ2) is 16.8. The topological polar surface area (TPSA) is 90.5 Å². The van der Waals surface area contributed by atoms with Crippen molar-refractivity contribution in [3.63, 3.8) is 0 Å². The van der Waals surface area contributed by atoms with Crippen LogP contribution < -0.4 is 15.5 Å². The van der Waals surface area contributed by atoms with Gasteiger partial charge in [0.2, 0.25) is 0 Å². The Morgan fingerprint density at radius 2 is 1.62 bits per heavy atom. The first kappa shape index (κ1) is 35.4. The molecule has 0 unspecified atom stereocenters. The molecule has 0 aliphatic heterocycles. The van der Waals surface area contributed by atoms with Crippen LogP contribution in [0.2, 0.25) is 0 Å². The molecule has 45 heavy (non-hydrogen) atoms. The highest BCUT2D eigenvalue weighted by Crippen LogP contribution is 2.22. The number of carbonyl (C=O) groups excluding carboxylic acids is 2. The van der Waals surface area contributed by atoms with Crippen molar-refractivity contribution in [2.75, 3.05) is 39.1 Å². The summed E-state index contributed by atoms with van der Waals surface area (Å²) in [6.07, 6.45) is 4.59. The van der Waals surface area contributed by atoms with Crippen LogP contribution in [-0.4, -0.2) is 60.9 Å². The van der Waals surface area contributed by atoms with E-state index in [1.165, 1.54) is 22.5 Å². The molecule has 2 aromatic heterocycles. The van der Waals surface area contributed by atoms with E-state index in [2.05, 4.69) is 66.5 Å². The Balaban J connectivity index is 0.000000693. The summed E-state index contributed by atoms with van der Waals surface area (Å²) in [5.41, 5.74) is 6.44. The third-order valence-corrected chi connectivity index (χ3v) is 8.03. The molecule has 240 valence electrons. The molecule has 2 aromatic carbocycles. The van der Waals surface area contributed by atoms with Gasteiger partial charge < -0.3 is 20.4 Å². The maximum atomic E-state index is 13.2. The van der Waals surface area contributed by atoms with E-state index in [1.807, 2.05) is 74.0 Å². The summed E-state index contributed by atoms with van der Waals surface area (Å²) in [6.45, 7) is 13.0. The maximum absolute atomic E-state index is 13.2. The van der Waals surface area contributed by atoms with Crippen LogP contribution in [0, 0.1) is 13.8 Å². The molecule has 4 rings (SSSR count). The van der Waals surface area contributed by atoms with Crippen LogP contribution >= 0.6 is 11.3 Å². The number of nitrogens with one attached hydrogen (secondary N) is 2. The Morgan fingerprint density at radius 1 is 0.911 bits per heavy atom. The van der Waals surface area contributed by atoms with Crippen LogP contribution in [0.1, 0.15) is 75.3 Å². The number of benzene rings is 2. The third-order valence-electron chi connectivity index (χ3n) is 7.08. The molecule has 2 N–H and O–H groups in total. The zero-order valence-corrected chi connectivity index (χ0v) is 28.8. The van der Waals surface area contributed by atoms with Gasteiger partial charge in [-0.15, -0.1) is 11.3 Å². The number of carbonyl (C=O) groups is 2. The summed E-state index contributed by atoms with van der Waals surface area (Å²) < 4.78 is 0. The quantitative estimate of drug-likeness (QED) is 0.187. The number of pyridine rings is 1. The standard InChI is InChI=1S/C29H40N6O2S.C7H8/c1-20-19-38-26(33-20)18-35(7)28(37)23-12-22(13-25(14-23)34(5)6)27(36)32-10-8-9-30-15-21-11-24(17-31-16-21)29(2,3)4;1-7-5-3-2-4-6-7/h11-14,16-17,19,30H,8-10,15,18H2,1-7H3,(H,32,36);2-6H,1H3. The molecule has 2 amide bonds. The van der Waals surface area contributed by atoms with Crippen molar-refractivity contribution in [2.45, 2.75) is 59.5 Å². The summed E-state index contributed by atoms with van der Waals surface area (Å²) in [6, 6.07) is 17.7. The van der Waals surface area contributed by atoms with E-state index in [9.17, 15) is 9.59 Å². The van der Waals surface area contributed by atoms with Gasteiger partial charge >= 0.3 is 0 Å². The van der Waals surface area contributed by atoms with Crippen LogP contribution in [0.3, 0.4) is 0 Å². The second-order valence-corrected chi connectivity index (χ2v) is 13.4. The first-order valence-electron chi connectivity index (χ1n) is 15.3. The van der Waals surface area contributed by atoms with Gasteiger partial charge in [-0.2, -0.15) is 0 Å². The normalized spacial score (nSPS) is 10.9. The predicted molar refractivity (Wildman–Crippen MR) is 186 cm³/mol. The Morgan fingerprint density at radius 3 is 2.22 bits per heavy atom. The van der Waals surface area contributed by atoms with Crippen molar-refractivity contribution < 1.29 is 9.59 Å². The van der Waals surface area contributed by atoms with Crippen LogP contribution in [0.5, 0.6) is 0 Å². The first-order valence-corrected chi connectivity index (χ1v) is 16.2. The number of hydrogen-bond donors (Lipinski definition) is 2. The average Bonchev–Trinajstić information content (AvgIpc) is 3.42. The Kier molecular flexibility index (Phi) is 13.2. The number of rotatable bonds is 11. The largest absolute Gasteiger partial charge is 0.378 e. The van der Waals surface area contributed by atoms with Gasteiger partial charge in [-0.1, -0.05) is 62.7 Å². The van der Waals surface area contributed by atoms with E-state index >= 15 is 0 Å². The van der Waals surface area contributed by atoms with Gasteiger partial charge in [0.25, 0.3) is 11.8 Å². The third kappa shape index (κ3) is 11.7. The fourth-order valence-corrected chi connectivity index (χ4v) is 5.20. The van der Waals surface area contributed by atoms with E-state index in [0.29, 0.717) is 24.2 Å². The lowest BCUT2D eigenvalue weighted by Gasteiger charge is -2.19. The van der Waals surface area contributed by atoms with Crippen molar-refractivity contribution in [3.05, 3.63) is 111 Å². The molecule has 0 atom stereocenters. The minimum atomic E-state index is -0.192. The summed E-state index contributed by atoms with van der Waals surface area (Å²) >= 11 is 1.54. The molecule has 4 aromatic rings. The van der Waals surface area contributed by atoms with Gasteiger partial charge in [0.05, 0.1) is 6.54 Å². The summed E-state index contributed by atoms with van der Waals surface area (Å²) in [5, 5.41) is 9.26. The van der Waals surface area contributed by atoms with Crippen LogP contribution in [0.25, 0.3) is 0 Å². The molecule has 0 bridgehead atoms. The molecule has 0 fully saturated rings. The van der Waals surface area contributed by atoms with E-state index in [-0.39, 0.29) is 17.2 Å². The second-order valence-electron chi connectivity index (χ2n) is 12.5. The van der Waals surface area contributed by atoms with Crippen molar-refractivity contribution in [3.8, 4) is 0 Å². The number of amides is 2. The van der Waals surface area contributed by atoms with Crippen LogP contribution in [0.4, 0.5) is 5.69 Å². The van der Waals surface area contributed by atoms with Gasteiger partial charge in [-0.25, -0.2) is 4.98 Å². The number of aryl methyl sites for hydroxylation is 2. The number of hydrogen-bond acceptors (Lipinski definition) is 7. The van der Waals surface area contributed by atoms with Gasteiger partial charge in [0.1, 0.15) is 5.01 Å². The molecule has 0 radical (unpaired) electrons. The first-order chi connectivity index (χ1) is 21.3. The monoisotopic (exact) mass is 628 g/mol. The molecular formula is C36H48N6O2S. The lowest BCUT2D eigenvalue weighted by Crippen LogP contribution is -2.29. The lowest BCUT2D eigenvalue weighted by atomic mass is 9.88. The fourth-order valence-electron chi connectivity index (χ4n) is 4.37. The zero-order chi connectivity index (χ0) is 33.0. The van der Waals surface area contributed by atoms with E-state index < -0.39 is 0 Å². The maximum Gasteiger partial charge on any atom is 0.254 e. The minimum Gasteiger partial charge on any atom is -0.378 e. The van der Waals surface area contributed by atoms with Crippen LogP contribution in [-0.2, 0) is 18.5 Å². The summed E-state index contributed by atoms with van der Waals surface area (Å²) in [4.78, 5) is 38.5. The van der Waals surface area contributed by atoms with Crippen LogP contribution in [0.15, 0.2) is 72.4 Å². The van der Waals surface area contributed by atoms with Crippen molar-refractivity contribution in [1.82, 2.24) is 25.5 Å². The van der Waals surface area contributed by atoms with E-state index in [0.717, 1.165) is 41.5 Å². The van der Waals surface area contributed by atoms with Gasteiger partial charge in [-0.05, 0) is 61.6 Å². The minimum absolute atomic E-state index is 0.0669. The molecular weight excluding hydrogens is 581 g/mol. The highest BCUT2D eigenvalue weighted by atomic mass is 32.1. The Labute approximate surface area is 272 Å². The molecule has 0 spiro atoms.